The predicted octanol–water partition coefficient (Wildman–Crippen LogP) is 3.62. The number of likely N-dealkylation sites (tertiary alicyclic amines) is 1. The molecule has 1 atom stereocenters. The lowest BCUT2D eigenvalue weighted by Crippen LogP contribution is -2.35. The van der Waals surface area contributed by atoms with Gasteiger partial charge >= 0.3 is 0 Å². The van der Waals surface area contributed by atoms with E-state index in [0.29, 0.717) is 36.0 Å². The maximum atomic E-state index is 9.81. The van der Waals surface area contributed by atoms with E-state index < -0.39 is 0 Å². The van der Waals surface area contributed by atoms with Gasteiger partial charge < -0.3 is 21.1 Å². The molecule has 4 N–H and O–H groups in total. The van der Waals surface area contributed by atoms with E-state index >= 15 is 0 Å². The van der Waals surface area contributed by atoms with Gasteiger partial charge in [0.1, 0.15) is 0 Å². The first-order chi connectivity index (χ1) is 15.2. The van der Waals surface area contributed by atoms with Gasteiger partial charge in [0.2, 0.25) is 17.8 Å². The topological polar surface area (TPSA) is 98.2 Å². The molecular formula is C23H41N7O. The van der Waals surface area contributed by atoms with Gasteiger partial charge in [-0.05, 0) is 64.5 Å². The van der Waals surface area contributed by atoms with Crippen molar-refractivity contribution >= 4 is 17.8 Å². The van der Waals surface area contributed by atoms with Crippen molar-refractivity contribution in [1.29, 1.82) is 0 Å². The first-order valence-corrected chi connectivity index (χ1v) is 12.6. The van der Waals surface area contributed by atoms with Gasteiger partial charge in [0.15, 0.2) is 0 Å². The molecule has 4 rings (SSSR count). The number of nitrogens with one attached hydrogen (secondary N) is 3. The molecule has 1 unspecified atom stereocenters. The Morgan fingerprint density at radius 1 is 0.774 bits per heavy atom. The Bertz CT molecular complexity index is 672. The van der Waals surface area contributed by atoms with Crippen molar-refractivity contribution in [2.24, 2.45) is 0 Å². The molecule has 0 spiro atoms. The van der Waals surface area contributed by atoms with Crippen LogP contribution in [0.1, 0.15) is 84.0 Å². The van der Waals surface area contributed by atoms with Crippen LogP contribution >= 0.6 is 0 Å². The first-order valence-electron chi connectivity index (χ1n) is 12.6. The molecular weight excluding hydrogens is 390 g/mol. The molecule has 2 heterocycles. The molecule has 2 aliphatic carbocycles. The number of anilines is 3. The van der Waals surface area contributed by atoms with Crippen molar-refractivity contribution < 1.29 is 5.11 Å². The van der Waals surface area contributed by atoms with Crippen molar-refractivity contribution in [2.45, 2.75) is 108 Å². The van der Waals surface area contributed by atoms with Crippen LogP contribution in [0, 0.1) is 0 Å². The summed E-state index contributed by atoms with van der Waals surface area (Å²) in [5, 5.41) is 20.4. The Balaban J connectivity index is 1.44. The standard InChI is InChI=1S/C23H41N7O/c1-2-30-15-7-10-19(30)16-24-21-27-22(25-17-8-5-3-4-6-9-17)29-23(28-21)26-18-11-13-20(31)14-12-18/h17-20,31H,2-16H2,1H3,(H3,24,25,26,27,28,29). The molecule has 0 radical (unpaired) electrons. The Labute approximate surface area is 187 Å². The number of aliphatic hydroxyl groups excluding tert-OH is 1. The summed E-state index contributed by atoms with van der Waals surface area (Å²) in [6, 6.07) is 1.31. The van der Waals surface area contributed by atoms with Crippen LogP contribution in [0.4, 0.5) is 17.8 Å². The average molecular weight is 432 g/mol. The Kier molecular flexibility index (Phi) is 8.19. The van der Waals surface area contributed by atoms with Crippen molar-refractivity contribution in [3.63, 3.8) is 0 Å². The van der Waals surface area contributed by atoms with Crippen LogP contribution in [0.3, 0.4) is 0 Å². The summed E-state index contributed by atoms with van der Waals surface area (Å²) >= 11 is 0. The van der Waals surface area contributed by atoms with E-state index in [4.69, 9.17) is 15.0 Å². The number of hydrogen-bond donors (Lipinski definition) is 4. The number of hydrogen-bond acceptors (Lipinski definition) is 8. The van der Waals surface area contributed by atoms with Crippen LogP contribution < -0.4 is 16.0 Å². The first kappa shape index (κ1) is 22.5. The zero-order valence-corrected chi connectivity index (χ0v) is 19.2. The molecule has 31 heavy (non-hydrogen) atoms. The summed E-state index contributed by atoms with van der Waals surface area (Å²) in [5.41, 5.74) is 0. The molecule has 0 bridgehead atoms. The van der Waals surface area contributed by atoms with E-state index in [9.17, 15) is 5.11 Å². The third-order valence-corrected chi connectivity index (χ3v) is 7.25. The van der Waals surface area contributed by atoms with Crippen molar-refractivity contribution in [1.82, 2.24) is 19.9 Å². The molecule has 3 aliphatic rings. The van der Waals surface area contributed by atoms with E-state index in [-0.39, 0.29) is 6.10 Å². The van der Waals surface area contributed by atoms with Gasteiger partial charge in [-0.3, -0.25) is 4.90 Å². The molecule has 8 heteroatoms. The van der Waals surface area contributed by atoms with Crippen LogP contribution in [0.2, 0.25) is 0 Å². The van der Waals surface area contributed by atoms with Gasteiger partial charge in [0.05, 0.1) is 6.10 Å². The summed E-state index contributed by atoms with van der Waals surface area (Å²) in [4.78, 5) is 16.7. The Morgan fingerprint density at radius 2 is 1.39 bits per heavy atom. The van der Waals surface area contributed by atoms with Crippen molar-refractivity contribution in [2.75, 3.05) is 35.6 Å². The van der Waals surface area contributed by atoms with E-state index in [2.05, 4.69) is 27.8 Å². The number of aliphatic hydroxyl groups is 1. The number of rotatable bonds is 8. The van der Waals surface area contributed by atoms with Gasteiger partial charge in [-0.2, -0.15) is 15.0 Å². The van der Waals surface area contributed by atoms with E-state index in [1.807, 2.05) is 0 Å². The molecule has 1 aliphatic heterocycles. The SMILES string of the molecule is CCN1CCCC1CNc1nc(NC2CCCCCC2)nc(NC2CCC(O)CC2)n1. The fourth-order valence-electron chi connectivity index (χ4n) is 5.34. The quantitative estimate of drug-likeness (QED) is 0.463. The number of nitrogens with zero attached hydrogens (tertiary/aromatic N) is 4. The normalized spacial score (nSPS) is 28.3. The van der Waals surface area contributed by atoms with E-state index in [1.54, 1.807) is 0 Å². The highest BCUT2D eigenvalue weighted by Gasteiger charge is 2.24. The van der Waals surface area contributed by atoms with Crippen molar-refractivity contribution in [3.8, 4) is 0 Å². The molecule has 0 aromatic carbocycles. The lowest BCUT2D eigenvalue weighted by molar-refractivity contribution is 0.126. The summed E-state index contributed by atoms with van der Waals surface area (Å²) in [6.45, 7) is 5.39. The monoisotopic (exact) mass is 431 g/mol. The van der Waals surface area contributed by atoms with Gasteiger partial charge in [-0.25, -0.2) is 0 Å². The van der Waals surface area contributed by atoms with Crippen LogP contribution in [0.5, 0.6) is 0 Å². The van der Waals surface area contributed by atoms with Crippen LogP contribution in [0.25, 0.3) is 0 Å². The van der Waals surface area contributed by atoms with E-state index in [1.165, 1.54) is 57.9 Å². The minimum absolute atomic E-state index is 0.158. The second kappa shape index (κ2) is 11.3. The molecule has 0 amide bonds. The summed E-state index contributed by atoms with van der Waals surface area (Å²) in [7, 11) is 0. The van der Waals surface area contributed by atoms with E-state index in [0.717, 1.165) is 38.8 Å². The summed E-state index contributed by atoms with van der Waals surface area (Å²) in [5.74, 6) is 1.99. The van der Waals surface area contributed by atoms with Gasteiger partial charge in [0, 0.05) is 24.7 Å². The van der Waals surface area contributed by atoms with Gasteiger partial charge in [0.25, 0.3) is 0 Å². The molecule has 3 fully saturated rings. The highest BCUT2D eigenvalue weighted by Crippen LogP contribution is 2.24. The molecule has 2 saturated carbocycles. The van der Waals surface area contributed by atoms with Crippen LogP contribution in [-0.4, -0.2) is 68.8 Å². The van der Waals surface area contributed by atoms with Gasteiger partial charge in [-0.1, -0.05) is 32.6 Å². The third-order valence-electron chi connectivity index (χ3n) is 7.25. The number of aromatic nitrogens is 3. The third kappa shape index (κ3) is 6.65. The number of likely N-dealkylation sites (N-methyl/N-ethyl adjacent to an activating group) is 1. The second-order valence-corrected chi connectivity index (χ2v) is 9.59. The average Bonchev–Trinajstić information content (AvgIpc) is 3.08. The molecule has 1 saturated heterocycles. The summed E-state index contributed by atoms with van der Waals surface area (Å²) < 4.78 is 0. The smallest absolute Gasteiger partial charge is 0.229 e. The highest BCUT2D eigenvalue weighted by molar-refractivity contribution is 5.43. The minimum atomic E-state index is -0.158. The fourth-order valence-corrected chi connectivity index (χ4v) is 5.34. The molecule has 8 nitrogen and oxygen atoms in total. The minimum Gasteiger partial charge on any atom is -0.393 e. The maximum absolute atomic E-state index is 9.81. The maximum Gasteiger partial charge on any atom is 0.229 e. The molecule has 1 aromatic heterocycles. The fraction of sp³-hybridized carbons (Fsp3) is 0.870. The van der Waals surface area contributed by atoms with Crippen LogP contribution in [0.15, 0.2) is 0 Å². The highest BCUT2D eigenvalue weighted by atomic mass is 16.3. The molecule has 174 valence electrons. The zero-order valence-electron chi connectivity index (χ0n) is 19.2. The van der Waals surface area contributed by atoms with Gasteiger partial charge in [-0.15, -0.1) is 0 Å². The predicted molar refractivity (Wildman–Crippen MR) is 126 cm³/mol. The Hall–Kier alpha value is -1.67. The molecule has 1 aromatic rings. The zero-order chi connectivity index (χ0) is 21.5. The largest absolute Gasteiger partial charge is 0.393 e. The lowest BCUT2D eigenvalue weighted by atomic mass is 9.93. The van der Waals surface area contributed by atoms with Crippen molar-refractivity contribution in [3.05, 3.63) is 0 Å². The Morgan fingerprint density at radius 3 is 2.03 bits per heavy atom. The lowest BCUT2D eigenvalue weighted by Gasteiger charge is -2.26. The van der Waals surface area contributed by atoms with Crippen LogP contribution in [-0.2, 0) is 0 Å². The summed E-state index contributed by atoms with van der Waals surface area (Å²) in [6.07, 6.45) is 13.5. The second-order valence-electron chi connectivity index (χ2n) is 9.59.